The van der Waals surface area contributed by atoms with E-state index in [1.165, 1.54) is 30.3 Å². The zero-order chi connectivity index (χ0) is 17.1. The molecule has 0 atom stereocenters. The van der Waals surface area contributed by atoms with Crippen LogP contribution in [0, 0.1) is 0 Å². The normalized spacial score (nSPS) is 11.9. The second-order valence-electron chi connectivity index (χ2n) is 4.66. The molecule has 0 aliphatic heterocycles. The van der Waals surface area contributed by atoms with E-state index in [0.717, 1.165) is 6.26 Å². The molecular formula is C15H16O6S2. The van der Waals surface area contributed by atoms with Gasteiger partial charge < -0.3 is 8.92 Å². The molecule has 124 valence electrons. The van der Waals surface area contributed by atoms with Crippen molar-refractivity contribution in [2.24, 2.45) is 0 Å². The molecule has 2 aromatic carbocycles. The summed E-state index contributed by atoms with van der Waals surface area (Å²) in [4.78, 5) is -0.109. The van der Waals surface area contributed by atoms with Gasteiger partial charge in [0.05, 0.1) is 11.5 Å². The molecule has 0 saturated heterocycles. The number of hydrogen-bond acceptors (Lipinski definition) is 6. The van der Waals surface area contributed by atoms with E-state index in [1.807, 2.05) is 0 Å². The van der Waals surface area contributed by atoms with Crippen molar-refractivity contribution in [2.45, 2.75) is 16.7 Å². The van der Waals surface area contributed by atoms with Crippen molar-refractivity contribution < 1.29 is 25.8 Å². The minimum atomic E-state index is -4.09. The summed E-state index contributed by atoms with van der Waals surface area (Å²) < 4.78 is 57.8. The van der Waals surface area contributed by atoms with Crippen LogP contribution in [0.25, 0.3) is 0 Å². The van der Waals surface area contributed by atoms with Gasteiger partial charge in [0.25, 0.3) is 0 Å². The zero-order valence-electron chi connectivity index (χ0n) is 12.6. The van der Waals surface area contributed by atoms with Gasteiger partial charge in [-0.2, -0.15) is 8.42 Å². The third kappa shape index (κ3) is 4.23. The Kier molecular flexibility index (Phi) is 4.96. The van der Waals surface area contributed by atoms with Gasteiger partial charge in [-0.15, -0.1) is 0 Å². The van der Waals surface area contributed by atoms with Crippen LogP contribution in [0.1, 0.15) is 6.92 Å². The van der Waals surface area contributed by atoms with E-state index in [9.17, 15) is 16.8 Å². The van der Waals surface area contributed by atoms with E-state index in [-0.39, 0.29) is 15.5 Å². The van der Waals surface area contributed by atoms with Crippen molar-refractivity contribution in [2.75, 3.05) is 12.9 Å². The van der Waals surface area contributed by atoms with Crippen LogP contribution in [0.2, 0.25) is 0 Å². The Hall–Kier alpha value is -2.06. The van der Waals surface area contributed by atoms with Crippen molar-refractivity contribution in [3.05, 3.63) is 48.5 Å². The minimum Gasteiger partial charge on any atom is -0.490 e. The lowest BCUT2D eigenvalue weighted by Gasteiger charge is -2.11. The number of ether oxygens (including phenoxy) is 1. The Morgan fingerprint density at radius 1 is 0.826 bits per heavy atom. The Balaban J connectivity index is 2.33. The van der Waals surface area contributed by atoms with Crippen LogP contribution in [-0.4, -0.2) is 29.7 Å². The van der Waals surface area contributed by atoms with Crippen LogP contribution in [-0.2, 0) is 20.0 Å². The standard InChI is InChI=1S/C15H16O6S2/c1-3-20-14-6-4-5-7-15(14)21-23(18,19)13-10-8-12(9-11-13)22(2,16)17/h4-11H,3H2,1-2H3. The van der Waals surface area contributed by atoms with Gasteiger partial charge in [0.2, 0.25) is 0 Å². The Morgan fingerprint density at radius 3 is 1.87 bits per heavy atom. The van der Waals surface area contributed by atoms with Gasteiger partial charge in [-0.1, -0.05) is 12.1 Å². The van der Waals surface area contributed by atoms with E-state index < -0.39 is 20.0 Å². The highest BCUT2D eigenvalue weighted by Crippen LogP contribution is 2.29. The summed E-state index contributed by atoms with van der Waals surface area (Å²) >= 11 is 0. The lowest BCUT2D eigenvalue weighted by atomic mass is 10.3. The lowest BCUT2D eigenvalue weighted by Crippen LogP contribution is -2.11. The fourth-order valence-corrected chi connectivity index (χ4v) is 3.38. The number of rotatable bonds is 6. The van der Waals surface area contributed by atoms with Crippen molar-refractivity contribution in [1.82, 2.24) is 0 Å². The van der Waals surface area contributed by atoms with Crippen LogP contribution in [0.4, 0.5) is 0 Å². The van der Waals surface area contributed by atoms with E-state index in [2.05, 4.69) is 0 Å². The number of benzene rings is 2. The maximum absolute atomic E-state index is 12.3. The molecular weight excluding hydrogens is 340 g/mol. The molecule has 6 nitrogen and oxygen atoms in total. The van der Waals surface area contributed by atoms with Crippen LogP contribution in [0.15, 0.2) is 58.3 Å². The molecule has 0 fully saturated rings. The topological polar surface area (TPSA) is 86.7 Å². The quantitative estimate of drug-likeness (QED) is 0.738. The second-order valence-corrected chi connectivity index (χ2v) is 8.22. The second kappa shape index (κ2) is 6.59. The zero-order valence-corrected chi connectivity index (χ0v) is 14.2. The highest BCUT2D eigenvalue weighted by Gasteiger charge is 2.20. The molecule has 0 aromatic heterocycles. The molecule has 0 N–H and O–H groups in total. The first-order valence-corrected chi connectivity index (χ1v) is 10.0. The summed E-state index contributed by atoms with van der Waals surface area (Å²) in [6.07, 6.45) is 1.05. The van der Waals surface area contributed by atoms with Gasteiger partial charge >= 0.3 is 10.1 Å². The number of para-hydroxylation sites is 2. The largest absolute Gasteiger partial charge is 0.490 e. The molecule has 23 heavy (non-hydrogen) atoms. The fraction of sp³-hybridized carbons (Fsp3) is 0.200. The molecule has 0 spiro atoms. The molecule has 0 radical (unpaired) electrons. The molecule has 0 amide bonds. The predicted octanol–water partition coefficient (Wildman–Crippen LogP) is 2.26. The molecule has 2 aromatic rings. The number of sulfone groups is 1. The van der Waals surface area contributed by atoms with Crippen LogP contribution < -0.4 is 8.92 Å². The van der Waals surface area contributed by atoms with Crippen LogP contribution in [0.3, 0.4) is 0 Å². The van der Waals surface area contributed by atoms with Gasteiger partial charge in [0.15, 0.2) is 21.3 Å². The first-order valence-electron chi connectivity index (χ1n) is 6.70. The summed E-state index contributed by atoms with van der Waals surface area (Å²) in [5, 5.41) is 0. The lowest BCUT2D eigenvalue weighted by molar-refractivity contribution is 0.327. The Labute approximate surface area is 135 Å². The average molecular weight is 356 g/mol. The van der Waals surface area contributed by atoms with Gasteiger partial charge in [-0.25, -0.2) is 8.42 Å². The van der Waals surface area contributed by atoms with E-state index in [1.54, 1.807) is 25.1 Å². The summed E-state index contributed by atoms with van der Waals surface area (Å²) in [5.41, 5.74) is 0. The van der Waals surface area contributed by atoms with Gasteiger partial charge in [-0.05, 0) is 43.3 Å². The molecule has 8 heteroatoms. The molecule has 0 unspecified atom stereocenters. The van der Waals surface area contributed by atoms with Crippen molar-refractivity contribution in [1.29, 1.82) is 0 Å². The van der Waals surface area contributed by atoms with Crippen molar-refractivity contribution in [3.63, 3.8) is 0 Å². The first kappa shape index (κ1) is 17.3. The summed E-state index contributed by atoms with van der Waals surface area (Å²) in [5.74, 6) is 0.382. The van der Waals surface area contributed by atoms with Crippen molar-refractivity contribution >= 4 is 20.0 Å². The fourth-order valence-electron chi connectivity index (χ4n) is 1.81. The van der Waals surface area contributed by atoms with E-state index >= 15 is 0 Å². The highest BCUT2D eigenvalue weighted by molar-refractivity contribution is 7.90. The monoisotopic (exact) mass is 356 g/mol. The summed E-state index contributed by atoms with van der Waals surface area (Å²) in [7, 11) is -7.48. The highest BCUT2D eigenvalue weighted by atomic mass is 32.2. The van der Waals surface area contributed by atoms with Gasteiger partial charge in [0.1, 0.15) is 4.90 Å². The van der Waals surface area contributed by atoms with Gasteiger partial charge in [-0.3, -0.25) is 0 Å². The van der Waals surface area contributed by atoms with Crippen LogP contribution in [0.5, 0.6) is 11.5 Å². The van der Waals surface area contributed by atoms with E-state index in [4.69, 9.17) is 8.92 Å². The van der Waals surface area contributed by atoms with Crippen LogP contribution >= 0.6 is 0 Å². The maximum Gasteiger partial charge on any atom is 0.339 e. The molecule has 2 rings (SSSR count). The van der Waals surface area contributed by atoms with Crippen molar-refractivity contribution in [3.8, 4) is 11.5 Å². The summed E-state index contributed by atoms with van der Waals surface area (Å²) in [6.45, 7) is 2.14. The van der Waals surface area contributed by atoms with E-state index in [0.29, 0.717) is 12.4 Å². The third-order valence-corrected chi connectivity index (χ3v) is 5.27. The maximum atomic E-state index is 12.3. The minimum absolute atomic E-state index is 0.0335. The Bertz CT molecular complexity index is 884. The molecule has 0 bridgehead atoms. The molecule has 0 saturated carbocycles. The average Bonchev–Trinajstić information content (AvgIpc) is 2.48. The predicted molar refractivity (Wildman–Crippen MR) is 85.0 cm³/mol. The number of hydrogen-bond donors (Lipinski definition) is 0. The summed E-state index contributed by atoms with van der Waals surface area (Å²) in [6, 6.07) is 11.2. The first-order chi connectivity index (χ1) is 10.7. The molecule has 0 aliphatic rings. The third-order valence-electron chi connectivity index (χ3n) is 2.89. The molecule has 0 heterocycles. The van der Waals surface area contributed by atoms with Gasteiger partial charge in [0, 0.05) is 6.26 Å². The molecule has 0 aliphatic carbocycles. The SMILES string of the molecule is CCOc1ccccc1OS(=O)(=O)c1ccc(S(C)(=O)=O)cc1. The Morgan fingerprint density at radius 2 is 1.35 bits per heavy atom. The smallest absolute Gasteiger partial charge is 0.339 e.